The van der Waals surface area contributed by atoms with Crippen LogP contribution in [-0.4, -0.2) is 9.79 Å². The maximum atomic E-state index is 10.6. The van der Waals surface area contributed by atoms with Crippen molar-refractivity contribution in [2.24, 2.45) is 0 Å². The summed E-state index contributed by atoms with van der Waals surface area (Å²) in [6.07, 6.45) is 0. The van der Waals surface area contributed by atoms with Crippen molar-refractivity contribution in [1.82, 2.24) is 0 Å². The van der Waals surface area contributed by atoms with Crippen molar-refractivity contribution in [3.05, 3.63) is 46.5 Å². The van der Waals surface area contributed by atoms with E-state index in [0.29, 0.717) is 0 Å². The SMILES string of the molecule is CC(C)(C)c1cc(-c2cc(C(C)(C)C)cc(C(C)(C)C)c2PO)c(PO)c(C(C)(C)C)c1.Cl.Cl. The molecule has 0 aliphatic carbocycles. The van der Waals surface area contributed by atoms with E-state index in [1.54, 1.807) is 0 Å². The molecular formula is C28H46Cl2O2P2. The Morgan fingerprint density at radius 1 is 0.471 bits per heavy atom. The van der Waals surface area contributed by atoms with E-state index in [2.05, 4.69) is 107 Å². The third-order valence-electron chi connectivity index (χ3n) is 6.14. The minimum Gasteiger partial charge on any atom is -0.372 e. The molecule has 0 fully saturated rings. The quantitative estimate of drug-likeness (QED) is 0.385. The molecule has 0 aromatic heterocycles. The van der Waals surface area contributed by atoms with Crippen LogP contribution >= 0.6 is 42.4 Å². The van der Waals surface area contributed by atoms with Gasteiger partial charge in [0.25, 0.3) is 0 Å². The minimum atomic E-state index is -0.307. The van der Waals surface area contributed by atoms with Crippen molar-refractivity contribution in [2.45, 2.75) is 105 Å². The van der Waals surface area contributed by atoms with E-state index in [0.717, 1.165) is 21.7 Å². The van der Waals surface area contributed by atoms with Crippen LogP contribution < -0.4 is 10.6 Å². The molecule has 0 heterocycles. The smallest absolute Gasteiger partial charge is 0.0429 e. The van der Waals surface area contributed by atoms with Crippen molar-refractivity contribution in [2.75, 3.05) is 0 Å². The van der Waals surface area contributed by atoms with Gasteiger partial charge in [-0.2, -0.15) is 0 Å². The molecule has 0 saturated carbocycles. The molecule has 0 aliphatic rings. The fourth-order valence-corrected chi connectivity index (χ4v) is 5.79. The second kappa shape index (κ2) is 11.5. The molecule has 2 unspecified atom stereocenters. The van der Waals surface area contributed by atoms with E-state index in [9.17, 15) is 9.79 Å². The van der Waals surface area contributed by atoms with Gasteiger partial charge in [0.15, 0.2) is 0 Å². The average Bonchev–Trinajstić information content (AvgIpc) is 2.62. The summed E-state index contributed by atoms with van der Waals surface area (Å²) < 4.78 is 0. The van der Waals surface area contributed by atoms with Gasteiger partial charge < -0.3 is 9.79 Å². The third kappa shape index (κ3) is 7.41. The number of rotatable bonds is 3. The third-order valence-corrected chi connectivity index (χ3v) is 7.66. The summed E-state index contributed by atoms with van der Waals surface area (Å²) >= 11 is 0. The highest BCUT2D eigenvalue weighted by Gasteiger charge is 2.29. The zero-order valence-corrected chi connectivity index (χ0v) is 26.7. The summed E-state index contributed by atoms with van der Waals surface area (Å²) in [5.74, 6) is 0. The molecule has 194 valence electrons. The minimum absolute atomic E-state index is 0. The first kappa shape index (κ1) is 33.8. The standard InChI is InChI=1S/C28H44O2P2.2ClH/c1-25(2,3)17-13-19(23(31-29)21(15-17)27(7,8)9)20-14-18(26(4,5)6)16-22(24(20)32-30)28(10,11)12;;/h13-16,29-32H,1-12H3;2*1H. The zero-order valence-electron chi connectivity index (χ0n) is 23.0. The maximum Gasteiger partial charge on any atom is 0.0429 e. The lowest BCUT2D eigenvalue weighted by Gasteiger charge is -2.32. The van der Waals surface area contributed by atoms with Crippen LogP contribution in [0.2, 0.25) is 0 Å². The molecule has 34 heavy (non-hydrogen) atoms. The summed E-state index contributed by atoms with van der Waals surface area (Å²) in [4.78, 5) is 21.2. The van der Waals surface area contributed by atoms with E-state index >= 15 is 0 Å². The summed E-state index contributed by atoms with van der Waals surface area (Å²) in [7, 11) is -0.615. The van der Waals surface area contributed by atoms with Gasteiger partial charge in [-0.1, -0.05) is 95.2 Å². The molecule has 0 aliphatic heterocycles. The van der Waals surface area contributed by atoms with E-state index < -0.39 is 0 Å². The first-order valence-electron chi connectivity index (χ1n) is 11.5. The molecule has 2 aromatic carbocycles. The number of hydrogen-bond donors (Lipinski definition) is 2. The summed E-state index contributed by atoms with van der Waals surface area (Å²) in [6.45, 7) is 26.7. The maximum absolute atomic E-state index is 10.6. The number of hydrogen-bond acceptors (Lipinski definition) is 2. The van der Waals surface area contributed by atoms with Gasteiger partial charge in [0.05, 0.1) is 0 Å². The Balaban J connectivity index is 0.00000544. The summed E-state index contributed by atoms with van der Waals surface area (Å²) in [6, 6.07) is 9.07. The summed E-state index contributed by atoms with van der Waals surface area (Å²) in [5.41, 5.74) is 6.76. The van der Waals surface area contributed by atoms with Crippen LogP contribution in [0, 0.1) is 0 Å². The van der Waals surface area contributed by atoms with Crippen molar-refractivity contribution < 1.29 is 9.79 Å². The first-order valence-corrected chi connectivity index (χ1v) is 13.4. The van der Waals surface area contributed by atoms with Crippen LogP contribution in [0.3, 0.4) is 0 Å². The topological polar surface area (TPSA) is 40.5 Å². The predicted molar refractivity (Wildman–Crippen MR) is 162 cm³/mol. The molecule has 0 spiro atoms. The van der Waals surface area contributed by atoms with Crippen molar-refractivity contribution in [1.29, 1.82) is 0 Å². The molecule has 0 radical (unpaired) electrons. The second-order valence-electron chi connectivity index (χ2n) is 13.1. The van der Waals surface area contributed by atoms with Gasteiger partial charge in [-0.25, -0.2) is 0 Å². The fraction of sp³-hybridized carbons (Fsp3) is 0.571. The van der Waals surface area contributed by atoms with Crippen LogP contribution in [-0.2, 0) is 21.7 Å². The molecule has 2 aromatic rings. The molecule has 6 heteroatoms. The Hall–Kier alpha value is -0.200. The monoisotopic (exact) mass is 546 g/mol. The zero-order chi connectivity index (χ0) is 24.9. The Labute approximate surface area is 224 Å². The summed E-state index contributed by atoms with van der Waals surface area (Å²) in [5, 5.41) is 1.99. The van der Waals surface area contributed by atoms with E-state index in [1.165, 1.54) is 22.3 Å². The van der Waals surface area contributed by atoms with Crippen LogP contribution in [0.5, 0.6) is 0 Å². The van der Waals surface area contributed by atoms with Gasteiger partial charge in [0, 0.05) is 28.2 Å². The Morgan fingerprint density at radius 2 is 0.735 bits per heavy atom. The van der Waals surface area contributed by atoms with Gasteiger partial charge in [-0.05, 0) is 67.2 Å². The second-order valence-corrected chi connectivity index (χ2v) is 14.6. The van der Waals surface area contributed by atoms with Crippen molar-refractivity contribution >= 4 is 53.0 Å². The van der Waals surface area contributed by atoms with E-state index in [-0.39, 0.29) is 64.1 Å². The largest absolute Gasteiger partial charge is 0.372 e. The van der Waals surface area contributed by atoms with Crippen LogP contribution in [0.1, 0.15) is 105 Å². The van der Waals surface area contributed by atoms with Crippen LogP contribution in [0.4, 0.5) is 0 Å². The van der Waals surface area contributed by atoms with Gasteiger partial charge in [-0.15, -0.1) is 24.8 Å². The number of halogens is 2. The highest BCUT2D eigenvalue weighted by atomic mass is 35.5. The average molecular weight is 548 g/mol. The fourth-order valence-electron chi connectivity index (χ4n) is 4.00. The van der Waals surface area contributed by atoms with Crippen molar-refractivity contribution in [3.63, 3.8) is 0 Å². The Kier molecular flexibility index (Phi) is 11.4. The molecule has 2 N–H and O–H groups in total. The lowest BCUT2D eigenvalue weighted by Crippen LogP contribution is -2.28. The molecule has 2 atom stereocenters. The van der Waals surface area contributed by atoms with Gasteiger partial charge >= 0.3 is 0 Å². The molecular weight excluding hydrogens is 501 g/mol. The molecule has 2 rings (SSSR count). The van der Waals surface area contributed by atoms with Gasteiger partial charge in [-0.3, -0.25) is 0 Å². The van der Waals surface area contributed by atoms with Crippen LogP contribution in [0.25, 0.3) is 11.1 Å². The van der Waals surface area contributed by atoms with Crippen molar-refractivity contribution in [3.8, 4) is 11.1 Å². The first-order chi connectivity index (χ1) is 14.3. The Morgan fingerprint density at radius 3 is 0.912 bits per heavy atom. The predicted octanol–water partition coefficient (Wildman–Crippen LogP) is 7.81. The molecule has 0 amide bonds. The van der Waals surface area contributed by atoms with E-state index in [4.69, 9.17) is 0 Å². The number of benzene rings is 2. The highest BCUT2D eigenvalue weighted by molar-refractivity contribution is 7.42. The molecule has 0 bridgehead atoms. The molecule has 2 nitrogen and oxygen atoms in total. The lowest BCUT2D eigenvalue weighted by atomic mass is 9.76. The normalized spacial score (nSPS) is 13.5. The molecule has 0 saturated heterocycles. The van der Waals surface area contributed by atoms with E-state index in [1.807, 2.05) is 0 Å². The van der Waals surface area contributed by atoms with Gasteiger partial charge in [0.1, 0.15) is 0 Å². The lowest BCUT2D eigenvalue weighted by molar-refractivity contribution is 0.568. The van der Waals surface area contributed by atoms with Gasteiger partial charge in [0.2, 0.25) is 0 Å². The van der Waals surface area contributed by atoms with Crippen LogP contribution in [0.15, 0.2) is 24.3 Å². The Bertz CT molecular complexity index is 908. The highest BCUT2D eigenvalue weighted by Crippen LogP contribution is 2.39.